The van der Waals surface area contributed by atoms with E-state index in [0.29, 0.717) is 31.6 Å². The highest BCUT2D eigenvalue weighted by atomic mass is 16.5. The number of methoxy groups -OCH3 is 1. The highest BCUT2D eigenvalue weighted by Gasteiger charge is 2.30. The van der Waals surface area contributed by atoms with Crippen LogP contribution in [0.25, 0.3) is 11.3 Å². The SMILES string of the molecule is COc1ccc(-c2cc(C[C@@H]3CC[C@H](O)[C@@H](CNC(=O)NCc4ccccc4)O3)no2)cc1. The standard InChI is InChI=1S/C25H29N3O5/c1-31-20-9-7-18(8-10-20)23-14-19(28-33-23)13-21-11-12-22(29)24(32-21)16-27-25(30)26-15-17-5-3-2-4-6-17/h2-10,14,21-22,24,29H,11-13,15-16H2,1H3,(H2,26,27,30)/t21-,22-,24+/m0/s1. The molecule has 8 nitrogen and oxygen atoms in total. The first-order chi connectivity index (χ1) is 16.1. The van der Waals surface area contributed by atoms with Gasteiger partial charge in [-0.25, -0.2) is 4.79 Å². The monoisotopic (exact) mass is 451 g/mol. The molecule has 3 atom stereocenters. The van der Waals surface area contributed by atoms with E-state index in [4.69, 9.17) is 14.0 Å². The molecule has 2 aromatic carbocycles. The van der Waals surface area contributed by atoms with Gasteiger partial charge < -0.3 is 29.7 Å². The van der Waals surface area contributed by atoms with Crippen LogP contribution in [0.5, 0.6) is 5.75 Å². The fourth-order valence-corrected chi connectivity index (χ4v) is 3.85. The van der Waals surface area contributed by atoms with Gasteiger partial charge in [0.25, 0.3) is 0 Å². The molecule has 174 valence electrons. The molecule has 0 radical (unpaired) electrons. The number of urea groups is 1. The quantitative estimate of drug-likeness (QED) is 0.485. The van der Waals surface area contributed by atoms with Gasteiger partial charge in [0.05, 0.1) is 25.0 Å². The minimum absolute atomic E-state index is 0.110. The lowest BCUT2D eigenvalue weighted by Gasteiger charge is -2.33. The van der Waals surface area contributed by atoms with Crippen molar-refractivity contribution in [3.8, 4) is 17.1 Å². The van der Waals surface area contributed by atoms with E-state index in [-0.39, 0.29) is 18.7 Å². The number of nitrogens with one attached hydrogen (secondary N) is 2. The predicted octanol–water partition coefficient (Wildman–Crippen LogP) is 3.30. The minimum atomic E-state index is -0.622. The van der Waals surface area contributed by atoms with Crippen LogP contribution in [-0.2, 0) is 17.7 Å². The molecule has 1 saturated heterocycles. The van der Waals surface area contributed by atoms with E-state index in [1.807, 2.05) is 60.7 Å². The van der Waals surface area contributed by atoms with Crippen LogP contribution < -0.4 is 15.4 Å². The topological polar surface area (TPSA) is 106 Å². The average molecular weight is 452 g/mol. The molecular weight excluding hydrogens is 422 g/mol. The number of aliphatic hydroxyl groups excluding tert-OH is 1. The molecule has 33 heavy (non-hydrogen) atoms. The summed E-state index contributed by atoms with van der Waals surface area (Å²) >= 11 is 0. The summed E-state index contributed by atoms with van der Waals surface area (Å²) in [4.78, 5) is 12.1. The van der Waals surface area contributed by atoms with Crippen LogP contribution in [-0.4, -0.2) is 48.3 Å². The van der Waals surface area contributed by atoms with Crippen molar-refractivity contribution in [2.75, 3.05) is 13.7 Å². The lowest BCUT2D eigenvalue weighted by atomic mass is 9.98. The van der Waals surface area contributed by atoms with Crippen LogP contribution in [0.1, 0.15) is 24.1 Å². The summed E-state index contributed by atoms with van der Waals surface area (Å²) in [5, 5.41) is 20.1. The number of ether oxygens (including phenoxy) is 2. The van der Waals surface area contributed by atoms with Gasteiger partial charge in [-0.1, -0.05) is 35.5 Å². The van der Waals surface area contributed by atoms with E-state index in [0.717, 1.165) is 22.6 Å². The van der Waals surface area contributed by atoms with Crippen LogP contribution in [0.15, 0.2) is 65.2 Å². The second-order valence-electron chi connectivity index (χ2n) is 8.11. The Morgan fingerprint density at radius 3 is 2.67 bits per heavy atom. The number of amides is 2. The molecule has 1 aromatic heterocycles. The van der Waals surface area contributed by atoms with Crippen molar-refractivity contribution in [3.63, 3.8) is 0 Å². The fraction of sp³-hybridized carbons (Fsp3) is 0.360. The lowest BCUT2D eigenvalue weighted by molar-refractivity contribution is -0.113. The maximum atomic E-state index is 12.1. The summed E-state index contributed by atoms with van der Waals surface area (Å²) in [6.07, 6.45) is 0.681. The minimum Gasteiger partial charge on any atom is -0.497 e. The molecule has 2 heterocycles. The maximum absolute atomic E-state index is 12.1. The Morgan fingerprint density at radius 1 is 1.12 bits per heavy atom. The van der Waals surface area contributed by atoms with Crippen LogP contribution in [0.2, 0.25) is 0 Å². The normalized spacial score (nSPS) is 20.2. The van der Waals surface area contributed by atoms with Crippen LogP contribution in [0, 0.1) is 0 Å². The van der Waals surface area contributed by atoms with Crippen molar-refractivity contribution in [2.45, 2.75) is 44.1 Å². The Bertz CT molecular complexity index is 1020. The maximum Gasteiger partial charge on any atom is 0.315 e. The highest BCUT2D eigenvalue weighted by Crippen LogP contribution is 2.26. The lowest BCUT2D eigenvalue weighted by Crippen LogP contribution is -2.48. The fourth-order valence-electron chi connectivity index (χ4n) is 3.85. The Morgan fingerprint density at radius 2 is 1.91 bits per heavy atom. The first-order valence-electron chi connectivity index (χ1n) is 11.1. The number of rotatable bonds is 8. The van der Waals surface area contributed by atoms with Gasteiger partial charge in [-0.2, -0.15) is 0 Å². The van der Waals surface area contributed by atoms with Crippen molar-refractivity contribution >= 4 is 6.03 Å². The summed E-state index contributed by atoms with van der Waals surface area (Å²) in [7, 11) is 1.63. The molecular formula is C25H29N3O5. The Kier molecular flexibility index (Phi) is 7.59. The number of hydrogen-bond acceptors (Lipinski definition) is 6. The van der Waals surface area contributed by atoms with Gasteiger partial charge in [0.15, 0.2) is 5.76 Å². The van der Waals surface area contributed by atoms with E-state index in [9.17, 15) is 9.90 Å². The van der Waals surface area contributed by atoms with Gasteiger partial charge in [0.1, 0.15) is 11.9 Å². The number of carbonyl (C=O) groups excluding carboxylic acids is 1. The third-order valence-corrected chi connectivity index (χ3v) is 5.71. The number of carbonyl (C=O) groups is 1. The van der Waals surface area contributed by atoms with Crippen molar-refractivity contribution in [1.82, 2.24) is 15.8 Å². The van der Waals surface area contributed by atoms with Crippen molar-refractivity contribution < 1.29 is 23.9 Å². The van der Waals surface area contributed by atoms with E-state index in [2.05, 4.69) is 15.8 Å². The summed E-state index contributed by atoms with van der Waals surface area (Å²) in [6, 6.07) is 18.9. The Balaban J connectivity index is 1.26. The predicted molar refractivity (Wildman–Crippen MR) is 123 cm³/mol. The van der Waals surface area contributed by atoms with Gasteiger partial charge in [0.2, 0.25) is 0 Å². The molecule has 3 aromatic rings. The third kappa shape index (κ3) is 6.34. The van der Waals surface area contributed by atoms with Crippen LogP contribution in [0.3, 0.4) is 0 Å². The second-order valence-corrected chi connectivity index (χ2v) is 8.11. The van der Waals surface area contributed by atoms with Gasteiger partial charge in [-0.15, -0.1) is 0 Å². The summed E-state index contributed by atoms with van der Waals surface area (Å²) < 4.78 is 16.7. The molecule has 8 heteroatoms. The highest BCUT2D eigenvalue weighted by molar-refractivity contribution is 5.73. The van der Waals surface area contributed by atoms with Crippen molar-refractivity contribution in [1.29, 1.82) is 0 Å². The number of hydrogen-bond donors (Lipinski definition) is 3. The second kappa shape index (κ2) is 11.0. The van der Waals surface area contributed by atoms with E-state index >= 15 is 0 Å². The average Bonchev–Trinajstić information content (AvgIpc) is 3.32. The van der Waals surface area contributed by atoms with Gasteiger partial charge in [0, 0.05) is 31.1 Å². The van der Waals surface area contributed by atoms with Crippen molar-refractivity contribution in [3.05, 3.63) is 71.9 Å². The zero-order valence-electron chi connectivity index (χ0n) is 18.6. The molecule has 0 spiro atoms. The van der Waals surface area contributed by atoms with Gasteiger partial charge in [-0.05, 0) is 42.7 Å². The van der Waals surface area contributed by atoms with Crippen molar-refractivity contribution in [2.24, 2.45) is 0 Å². The van der Waals surface area contributed by atoms with Gasteiger partial charge in [-0.3, -0.25) is 0 Å². The molecule has 0 saturated carbocycles. The largest absolute Gasteiger partial charge is 0.497 e. The first-order valence-corrected chi connectivity index (χ1v) is 11.1. The number of benzene rings is 2. The summed E-state index contributed by atoms with van der Waals surface area (Å²) in [6.45, 7) is 0.667. The number of nitrogens with zero attached hydrogens (tertiary/aromatic N) is 1. The first kappa shape index (κ1) is 22.8. The molecule has 4 rings (SSSR count). The smallest absolute Gasteiger partial charge is 0.315 e. The van der Waals surface area contributed by atoms with Crippen LogP contribution >= 0.6 is 0 Å². The zero-order valence-corrected chi connectivity index (χ0v) is 18.6. The number of aliphatic hydroxyl groups is 1. The molecule has 3 N–H and O–H groups in total. The van der Waals surface area contributed by atoms with E-state index < -0.39 is 12.2 Å². The Labute approximate surface area is 192 Å². The number of aromatic nitrogens is 1. The molecule has 0 bridgehead atoms. The molecule has 1 aliphatic heterocycles. The van der Waals surface area contributed by atoms with Gasteiger partial charge >= 0.3 is 6.03 Å². The Hall–Kier alpha value is -3.36. The summed E-state index contributed by atoms with van der Waals surface area (Å²) in [5.41, 5.74) is 2.72. The molecule has 0 aliphatic carbocycles. The third-order valence-electron chi connectivity index (χ3n) is 5.71. The molecule has 2 amide bonds. The van der Waals surface area contributed by atoms with E-state index in [1.165, 1.54) is 0 Å². The molecule has 1 fully saturated rings. The van der Waals surface area contributed by atoms with Crippen LogP contribution in [0.4, 0.5) is 4.79 Å². The zero-order chi connectivity index (χ0) is 23.0. The molecule has 0 unspecified atom stereocenters. The summed E-state index contributed by atoms with van der Waals surface area (Å²) in [5.74, 6) is 1.46. The molecule has 1 aliphatic rings. The van der Waals surface area contributed by atoms with E-state index in [1.54, 1.807) is 7.11 Å².